The van der Waals surface area contributed by atoms with E-state index in [0.29, 0.717) is 13.2 Å². The van der Waals surface area contributed by atoms with Gasteiger partial charge in [0.2, 0.25) is 0 Å². The van der Waals surface area contributed by atoms with Crippen molar-refractivity contribution in [2.24, 2.45) is 5.73 Å². The van der Waals surface area contributed by atoms with Gasteiger partial charge in [-0.05, 0) is 27.7 Å². The van der Waals surface area contributed by atoms with E-state index in [1.54, 1.807) is 27.7 Å². The molecule has 1 heterocycles. The summed E-state index contributed by atoms with van der Waals surface area (Å²) >= 11 is 0. The number of hydrogen-bond donors (Lipinski definition) is 1. The van der Waals surface area contributed by atoms with E-state index in [1.807, 2.05) is 0 Å². The maximum Gasteiger partial charge on any atom is 0.326 e. The van der Waals surface area contributed by atoms with Crippen LogP contribution in [0.15, 0.2) is 0 Å². The fraction of sp³-hybridized carbons (Fsp3) is 0.846. The predicted molar refractivity (Wildman–Crippen MR) is 69.7 cm³/mol. The molecule has 0 unspecified atom stereocenters. The van der Waals surface area contributed by atoms with Gasteiger partial charge in [-0.15, -0.1) is 0 Å². The van der Waals surface area contributed by atoms with Crippen LogP contribution in [0.3, 0.4) is 0 Å². The molecule has 0 saturated carbocycles. The third-order valence-corrected chi connectivity index (χ3v) is 2.50. The normalized spacial score (nSPS) is 19.4. The average molecular weight is 289 g/mol. The van der Waals surface area contributed by atoms with E-state index in [2.05, 4.69) is 0 Å². The first-order valence-corrected chi connectivity index (χ1v) is 6.53. The number of nitrogens with two attached hydrogens (primary N) is 1. The molecule has 0 bridgehead atoms. The van der Waals surface area contributed by atoms with E-state index in [4.69, 9.17) is 24.7 Å². The minimum atomic E-state index is -1.00. The molecule has 20 heavy (non-hydrogen) atoms. The van der Waals surface area contributed by atoms with Gasteiger partial charge < -0.3 is 24.7 Å². The molecule has 1 saturated heterocycles. The van der Waals surface area contributed by atoms with E-state index in [-0.39, 0.29) is 13.0 Å². The van der Waals surface area contributed by atoms with Crippen molar-refractivity contribution >= 4 is 11.9 Å². The minimum absolute atomic E-state index is 0.0476. The summed E-state index contributed by atoms with van der Waals surface area (Å²) < 4.78 is 20.6. The third-order valence-electron chi connectivity index (χ3n) is 2.50. The maximum atomic E-state index is 11.6. The predicted octanol–water partition coefficient (Wildman–Crippen LogP) is 0.352. The molecule has 1 aliphatic heterocycles. The summed E-state index contributed by atoms with van der Waals surface area (Å²) in [5.41, 5.74) is 4.97. The van der Waals surface area contributed by atoms with E-state index in [0.717, 1.165) is 0 Å². The lowest BCUT2D eigenvalue weighted by molar-refractivity contribution is -0.176. The largest absolute Gasteiger partial charge is 0.463 e. The second kappa shape index (κ2) is 6.51. The highest BCUT2D eigenvalue weighted by Gasteiger charge is 2.34. The van der Waals surface area contributed by atoms with Gasteiger partial charge in [0.25, 0.3) is 0 Å². The van der Waals surface area contributed by atoms with Gasteiger partial charge in [-0.1, -0.05) is 0 Å². The van der Waals surface area contributed by atoms with Crippen LogP contribution in [0.5, 0.6) is 0 Å². The van der Waals surface area contributed by atoms with Gasteiger partial charge in [-0.25, -0.2) is 0 Å². The number of hydrogen-bond acceptors (Lipinski definition) is 7. The summed E-state index contributed by atoms with van der Waals surface area (Å²) in [4.78, 5) is 23.2. The Morgan fingerprint density at radius 3 is 2.35 bits per heavy atom. The zero-order valence-corrected chi connectivity index (χ0v) is 12.4. The molecule has 1 atom stereocenters. The van der Waals surface area contributed by atoms with Crippen LogP contribution in [0, 0.1) is 0 Å². The number of esters is 2. The van der Waals surface area contributed by atoms with Crippen LogP contribution < -0.4 is 5.73 Å². The highest BCUT2D eigenvalue weighted by molar-refractivity contribution is 5.77. The second-order valence-corrected chi connectivity index (χ2v) is 5.83. The molecule has 0 spiro atoms. The molecule has 0 amide bonds. The Bertz CT molecular complexity index is 356. The molecule has 116 valence electrons. The van der Waals surface area contributed by atoms with Gasteiger partial charge in [0, 0.05) is 0 Å². The number of carbonyl (C=O) groups excluding carboxylic acids is 2. The van der Waals surface area contributed by atoms with Crippen molar-refractivity contribution in [1.29, 1.82) is 0 Å². The van der Waals surface area contributed by atoms with Crippen molar-refractivity contribution in [2.75, 3.05) is 19.8 Å². The van der Waals surface area contributed by atoms with Gasteiger partial charge in [-0.3, -0.25) is 9.59 Å². The van der Waals surface area contributed by atoms with Gasteiger partial charge >= 0.3 is 11.9 Å². The van der Waals surface area contributed by atoms with Crippen molar-refractivity contribution in [2.45, 2.75) is 51.5 Å². The average Bonchev–Trinajstić information content (AvgIpc) is 2.70. The highest BCUT2D eigenvalue weighted by Crippen LogP contribution is 2.22. The summed E-state index contributed by atoms with van der Waals surface area (Å²) in [6.07, 6.45) is -0.0476. The van der Waals surface area contributed by atoms with Crippen LogP contribution in [0.2, 0.25) is 0 Å². The Morgan fingerprint density at radius 1 is 1.30 bits per heavy atom. The van der Waals surface area contributed by atoms with Crippen molar-refractivity contribution in [3.8, 4) is 0 Å². The molecule has 0 radical (unpaired) electrons. The van der Waals surface area contributed by atoms with Crippen LogP contribution in [0.25, 0.3) is 0 Å². The lowest BCUT2D eigenvalue weighted by Crippen LogP contribution is -2.41. The molecule has 1 fully saturated rings. The topological polar surface area (TPSA) is 97.1 Å². The summed E-state index contributed by atoms with van der Waals surface area (Å²) in [5, 5.41) is 0. The highest BCUT2D eigenvalue weighted by atomic mass is 16.7. The number of rotatable bonds is 5. The van der Waals surface area contributed by atoms with E-state index < -0.39 is 29.4 Å². The monoisotopic (exact) mass is 289 g/mol. The van der Waals surface area contributed by atoms with Gasteiger partial charge in [0.15, 0.2) is 5.79 Å². The number of ether oxygens (including phenoxy) is 4. The van der Waals surface area contributed by atoms with E-state index in [1.165, 1.54) is 0 Å². The van der Waals surface area contributed by atoms with Crippen LogP contribution in [0.1, 0.15) is 34.1 Å². The molecule has 0 aliphatic carbocycles. The molecular weight excluding hydrogens is 266 g/mol. The van der Waals surface area contributed by atoms with Crippen molar-refractivity contribution < 1.29 is 28.5 Å². The van der Waals surface area contributed by atoms with Crippen LogP contribution in [-0.4, -0.2) is 49.2 Å². The first kappa shape index (κ1) is 16.9. The Hall–Kier alpha value is -1.18. The molecule has 0 aromatic rings. The summed E-state index contributed by atoms with van der Waals surface area (Å²) in [7, 11) is 0. The van der Waals surface area contributed by atoms with Crippen LogP contribution in [0.4, 0.5) is 0 Å². The second-order valence-electron chi connectivity index (χ2n) is 5.83. The Balaban J connectivity index is 2.31. The maximum absolute atomic E-state index is 11.6. The van der Waals surface area contributed by atoms with Crippen molar-refractivity contribution in [3.05, 3.63) is 0 Å². The lowest BCUT2D eigenvalue weighted by atomic mass is 10.2. The first-order chi connectivity index (χ1) is 9.11. The summed E-state index contributed by atoms with van der Waals surface area (Å²) in [5.74, 6) is -2.09. The Morgan fingerprint density at radius 2 is 1.85 bits per heavy atom. The molecule has 0 aromatic heterocycles. The minimum Gasteiger partial charge on any atom is -0.463 e. The fourth-order valence-corrected chi connectivity index (χ4v) is 1.60. The molecule has 1 rings (SSSR count). The molecule has 7 nitrogen and oxygen atoms in total. The zero-order chi connectivity index (χ0) is 15.4. The van der Waals surface area contributed by atoms with Gasteiger partial charge in [0.1, 0.15) is 18.2 Å². The standard InChI is InChI=1S/C13H23NO6/c1-12(2,3)20-11(16)9(14)8-17-10(15)7-13(4)18-5-6-19-13/h9H,5-8,14H2,1-4H3/t9-/m0/s1. The Labute approximate surface area is 118 Å². The molecule has 0 aromatic carbocycles. The third kappa shape index (κ3) is 5.85. The van der Waals surface area contributed by atoms with Gasteiger partial charge in [0.05, 0.1) is 19.6 Å². The molecule has 7 heteroatoms. The SMILES string of the molecule is CC(C)(C)OC(=O)[C@@H](N)COC(=O)CC1(C)OCCO1. The Kier molecular flexibility index (Phi) is 5.50. The van der Waals surface area contributed by atoms with Crippen molar-refractivity contribution in [1.82, 2.24) is 0 Å². The van der Waals surface area contributed by atoms with Crippen LogP contribution in [-0.2, 0) is 28.5 Å². The molecule has 1 aliphatic rings. The quantitative estimate of drug-likeness (QED) is 0.729. The summed E-state index contributed by atoms with van der Waals surface area (Å²) in [6.45, 7) is 7.53. The van der Waals surface area contributed by atoms with E-state index >= 15 is 0 Å². The number of carbonyl (C=O) groups is 2. The fourth-order valence-electron chi connectivity index (χ4n) is 1.60. The van der Waals surface area contributed by atoms with Crippen molar-refractivity contribution in [3.63, 3.8) is 0 Å². The van der Waals surface area contributed by atoms with Gasteiger partial charge in [-0.2, -0.15) is 0 Å². The smallest absolute Gasteiger partial charge is 0.326 e. The van der Waals surface area contributed by atoms with E-state index in [9.17, 15) is 9.59 Å². The van der Waals surface area contributed by atoms with Crippen LogP contribution >= 0.6 is 0 Å². The molecule has 2 N–H and O–H groups in total. The summed E-state index contributed by atoms with van der Waals surface area (Å²) in [6, 6.07) is -1.00. The lowest BCUT2D eigenvalue weighted by Gasteiger charge is -2.23. The first-order valence-electron chi connectivity index (χ1n) is 6.53. The zero-order valence-electron chi connectivity index (χ0n) is 12.4. The molecular formula is C13H23NO6.